The molecule has 0 aromatic heterocycles. The molecule has 2 nitrogen and oxygen atoms in total. The van der Waals surface area contributed by atoms with E-state index in [1.807, 2.05) is 50.4 Å². The van der Waals surface area contributed by atoms with Crippen LogP contribution in [0.3, 0.4) is 0 Å². The number of hydrogen-bond acceptors (Lipinski definition) is 2. The largest absolute Gasteiger partial charge is 0.385 e. The maximum atomic E-state index is 11.9. The van der Waals surface area contributed by atoms with E-state index in [0.29, 0.717) is 6.42 Å². The number of ketones is 1. The Morgan fingerprint density at radius 2 is 1.87 bits per heavy atom. The molecule has 0 fully saturated rings. The molecule has 1 aliphatic heterocycles. The number of carbonyl (C=O) groups is 1. The third kappa shape index (κ3) is 2.09. The van der Waals surface area contributed by atoms with Crippen LogP contribution in [0.25, 0.3) is 5.57 Å². The molecule has 0 unspecified atom stereocenters. The van der Waals surface area contributed by atoms with Crippen LogP contribution in [0.2, 0.25) is 0 Å². The Kier molecular flexibility index (Phi) is 2.35. The van der Waals surface area contributed by atoms with Crippen molar-refractivity contribution < 1.29 is 4.79 Å². The van der Waals surface area contributed by atoms with Crippen LogP contribution in [0.5, 0.6) is 0 Å². The molecule has 0 aliphatic carbocycles. The van der Waals surface area contributed by atoms with Crippen molar-refractivity contribution in [2.45, 2.75) is 25.8 Å². The van der Waals surface area contributed by atoms with Gasteiger partial charge in [-0.25, -0.2) is 0 Å². The highest BCUT2D eigenvalue weighted by molar-refractivity contribution is 6.21. The summed E-state index contributed by atoms with van der Waals surface area (Å²) < 4.78 is 0. The lowest BCUT2D eigenvalue weighted by atomic mass is 9.88. The minimum atomic E-state index is -0.116. The van der Waals surface area contributed by atoms with Crippen LogP contribution in [-0.4, -0.2) is 11.3 Å². The van der Waals surface area contributed by atoms with Gasteiger partial charge in [0.25, 0.3) is 0 Å². The number of nitrogens with one attached hydrogen (secondary N) is 1. The lowest BCUT2D eigenvalue weighted by Gasteiger charge is -2.29. The van der Waals surface area contributed by atoms with Crippen molar-refractivity contribution in [1.29, 1.82) is 0 Å². The predicted octanol–water partition coefficient (Wildman–Crippen LogP) is 2.37. The summed E-state index contributed by atoms with van der Waals surface area (Å²) in [5.74, 6) is 0.213. The molecule has 0 saturated carbocycles. The highest BCUT2D eigenvalue weighted by Crippen LogP contribution is 2.24. The lowest BCUT2D eigenvalue weighted by molar-refractivity contribution is -0.115. The van der Waals surface area contributed by atoms with Gasteiger partial charge in [0.2, 0.25) is 0 Å². The summed E-state index contributed by atoms with van der Waals surface area (Å²) in [5, 5.41) is 3.25. The Morgan fingerprint density at radius 1 is 1.20 bits per heavy atom. The normalized spacial score (nSPS) is 19.3. The van der Waals surface area contributed by atoms with E-state index in [2.05, 4.69) is 5.32 Å². The summed E-state index contributed by atoms with van der Waals surface area (Å²) in [6.45, 7) is 4.06. The fourth-order valence-electron chi connectivity index (χ4n) is 1.76. The molecule has 0 atom stereocenters. The minimum absolute atomic E-state index is 0.116. The van der Waals surface area contributed by atoms with Crippen LogP contribution in [-0.2, 0) is 4.79 Å². The van der Waals surface area contributed by atoms with Crippen molar-refractivity contribution >= 4 is 11.4 Å². The summed E-state index contributed by atoms with van der Waals surface area (Å²) in [4.78, 5) is 11.9. The SMILES string of the molecule is CC1(C)CC(=O)C(c2ccccc2)=CN1. The number of allylic oxidation sites excluding steroid dienone is 1. The first-order valence-corrected chi connectivity index (χ1v) is 5.15. The highest BCUT2D eigenvalue weighted by Gasteiger charge is 2.27. The summed E-state index contributed by atoms with van der Waals surface area (Å²) in [5.41, 5.74) is 1.66. The zero-order valence-electron chi connectivity index (χ0n) is 9.08. The zero-order valence-corrected chi connectivity index (χ0v) is 9.08. The van der Waals surface area contributed by atoms with Crippen molar-refractivity contribution in [3.05, 3.63) is 42.1 Å². The Bertz CT molecular complexity index is 404. The Balaban J connectivity index is 2.33. The van der Waals surface area contributed by atoms with Gasteiger partial charge < -0.3 is 5.32 Å². The minimum Gasteiger partial charge on any atom is -0.385 e. The third-order valence-corrected chi connectivity index (χ3v) is 2.59. The van der Waals surface area contributed by atoms with Crippen molar-refractivity contribution in [2.24, 2.45) is 0 Å². The van der Waals surface area contributed by atoms with Gasteiger partial charge in [0, 0.05) is 23.7 Å². The van der Waals surface area contributed by atoms with E-state index in [1.165, 1.54) is 0 Å². The molecule has 1 N–H and O–H groups in total. The summed E-state index contributed by atoms with van der Waals surface area (Å²) >= 11 is 0. The number of benzene rings is 1. The average molecular weight is 201 g/mol. The molecule has 0 amide bonds. The molecule has 0 saturated heterocycles. The lowest BCUT2D eigenvalue weighted by Crippen LogP contribution is -2.41. The molecular weight excluding hydrogens is 186 g/mol. The molecule has 1 aromatic rings. The average Bonchev–Trinajstić information content (AvgIpc) is 2.17. The first-order valence-electron chi connectivity index (χ1n) is 5.15. The highest BCUT2D eigenvalue weighted by atomic mass is 16.1. The zero-order chi connectivity index (χ0) is 10.9. The predicted molar refractivity (Wildman–Crippen MR) is 61.3 cm³/mol. The van der Waals surface area contributed by atoms with Crippen LogP contribution in [0.1, 0.15) is 25.8 Å². The summed E-state index contributed by atoms with van der Waals surface area (Å²) in [6, 6.07) is 9.77. The van der Waals surface area contributed by atoms with Crippen LogP contribution in [0.4, 0.5) is 0 Å². The van der Waals surface area contributed by atoms with E-state index >= 15 is 0 Å². The maximum Gasteiger partial charge on any atom is 0.167 e. The topological polar surface area (TPSA) is 29.1 Å². The number of rotatable bonds is 1. The van der Waals surface area contributed by atoms with E-state index in [4.69, 9.17) is 0 Å². The Labute approximate surface area is 90.0 Å². The van der Waals surface area contributed by atoms with E-state index in [9.17, 15) is 4.79 Å². The fourth-order valence-corrected chi connectivity index (χ4v) is 1.76. The quantitative estimate of drug-likeness (QED) is 0.755. The molecular formula is C13H15NO. The van der Waals surface area contributed by atoms with E-state index in [1.54, 1.807) is 0 Å². The number of carbonyl (C=O) groups excluding carboxylic acids is 1. The van der Waals surface area contributed by atoms with Crippen molar-refractivity contribution in [2.75, 3.05) is 0 Å². The number of hydrogen-bond donors (Lipinski definition) is 1. The van der Waals surface area contributed by atoms with Crippen LogP contribution >= 0.6 is 0 Å². The molecule has 0 bridgehead atoms. The Morgan fingerprint density at radius 3 is 2.47 bits per heavy atom. The van der Waals surface area contributed by atoms with Gasteiger partial charge in [0.05, 0.1) is 0 Å². The van der Waals surface area contributed by atoms with Crippen molar-refractivity contribution in [3.8, 4) is 0 Å². The van der Waals surface area contributed by atoms with E-state index in [0.717, 1.165) is 11.1 Å². The van der Waals surface area contributed by atoms with Gasteiger partial charge in [-0.15, -0.1) is 0 Å². The van der Waals surface area contributed by atoms with Crippen molar-refractivity contribution in [3.63, 3.8) is 0 Å². The molecule has 1 heterocycles. The van der Waals surface area contributed by atoms with Crippen LogP contribution < -0.4 is 5.32 Å². The number of Topliss-reactive ketones (excluding diaryl/α,β-unsaturated/α-hetero) is 1. The van der Waals surface area contributed by atoms with Gasteiger partial charge in [-0.3, -0.25) is 4.79 Å². The van der Waals surface area contributed by atoms with Crippen molar-refractivity contribution in [1.82, 2.24) is 5.32 Å². The second kappa shape index (κ2) is 3.54. The smallest absolute Gasteiger partial charge is 0.167 e. The standard InChI is InChI=1S/C13H15NO/c1-13(2)8-12(15)11(9-14-13)10-6-4-3-5-7-10/h3-7,9,14H,8H2,1-2H3. The summed E-state index contributed by atoms with van der Waals surface area (Å²) in [7, 11) is 0. The molecule has 2 heteroatoms. The second-order valence-corrected chi connectivity index (χ2v) is 4.55. The molecule has 0 radical (unpaired) electrons. The molecule has 1 aliphatic rings. The Hall–Kier alpha value is -1.57. The van der Waals surface area contributed by atoms with Gasteiger partial charge in [-0.2, -0.15) is 0 Å². The monoisotopic (exact) mass is 201 g/mol. The van der Waals surface area contributed by atoms with E-state index < -0.39 is 0 Å². The first-order chi connectivity index (χ1) is 7.08. The maximum absolute atomic E-state index is 11.9. The second-order valence-electron chi connectivity index (χ2n) is 4.55. The molecule has 0 spiro atoms. The summed E-state index contributed by atoms with van der Waals surface area (Å²) in [6.07, 6.45) is 2.38. The van der Waals surface area contributed by atoms with Crippen LogP contribution in [0, 0.1) is 0 Å². The third-order valence-electron chi connectivity index (χ3n) is 2.59. The molecule has 15 heavy (non-hydrogen) atoms. The van der Waals surface area contributed by atoms with Gasteiger partial charge >= 0.3 is 0 Å². The van der Waals surface area contributed by atoms with E-state index in [-0.39, 0.29) is 11.3 Å². The van der Waals surface area contributed by atoms with Crippen LogP contribution in [0.15, 0.2) is 36.5 Å². The fraction of sp³-hybridized carbons (Fsp3) is 0.308. The van der Waals surface area contributed by atoms with Gasteiger partial charge in [-0.1, -0.05) is 30.3 Å². The molecule has 1 aromatic carbocycles. The van der Waals surface area contributed by atoms with Gasteiger partial charge in [0.15, 0.2) is 5.78 Å². The van der Waals surface area contributed by atoms with Gasteiger partial charge in [-0.05, 0) is 19.4 Å². The van der Waals surface area contributed by atoms with Gasteiger partial charge in [0.1, 0.15) is 0 Å². The first kappa shape index (κ1) is 9.97. The molecule has 78 valence electrons. The molecule has 2 rings (SSSR count).